The minimum absolute atomic E-state index is 0.198. The maximum absolute atomic E-state index is 6.13. The molecule has 1 fully saturated rings. The Bertz CT molecular complexity index is 324. The summed E-state index contributed by atoms with van der Waals surface area (Å²) in [6.45, 7) is 1.90. The molecule has 0 unspecified atom stereocenters. The van der Waals surface area contributed by atoms with Gasteiger partial charge >= 0.3 is 0 Å². The average Bonchev–Trinajstić information content (AvgIpc) is 2.30. The van der Waals surface area contributed by atoms with Crippen molar-refractivity contribution in [1.82, 2.24) is 0 Å². The van der Waals surface area contributed by atoms with Crippen molar-refractivity contribution in [3.05, 3.63) is 29.3 Å². The first-order valence-corrected chi connectivity index (χ1v) is 5.54. The minimum Gasteiger partial charge on any atom is -0.370 e. The van der Waals surface area contributed by atoms with Crippen LogP contribution in [-0.4, -0.2) is 19.2 Å². The fourth-order valence-electron chi connectivity index (χ4n) is 1.94. The number of hydrogen-bond acceptors (Lipinski definition) is 3. The molecule has 2 rings (SSSR count). The van der Waals surface area contributed by atoms with Gasteiger partial charge in [0.2, 0.25) is 0 Å². The normalized spacial score (nSPS) is 18.1. The van der Waals surface area contributed by atoms with Crippen LogP contribution in [0.1, 0.15) is 12.8 Å². The van der Waals surface area contributed by atoms with Crippen molar-refractivity contribution >= 4 is 17.3 Å². The van der Waals surface area contributed by atoms with E-state index in [0.29, 0.717) is 0 Å². The molecule has 0 bridgehead atoms. The van der Waals surface area contributed by atoms with E-state index < -0.39 is 0 Å². The third-order valence-electron chi connectivity index (χ3n) is 2.83. The Kier molecular flexibility index (Phi) is 3.46. The summed E-state index contributed by atoms with van der Waals surface area (Å²) in [6, 6.07) is 7.92. The van der Waals surface area contributed by atoms with Crippen LogP contribution in [0.2, 0.25) is 5.02 Å². The van der Waals surface area contributed by atoms with Crippen molar-refractivity contribution in [2.45, 2.75) is 18.9 Å². The zero-order valence-corrected chi connectivity index (χ0v) is 9.28. The van der Waals surface area contributed by atoms with Crippen LogP contribution in [0.4, 0.5) is 5.69 Å². The lowest BCUT2D eigenvalue weighted by atomic mass is 10.1. The van der Waals surface area contributed by atoms with Crippen molar-refractivity contribution < 1.29 is 4.84 Å². The zero-order chi connectivity index (χ0) is 10.7. The smallest absolute Gasteiger partial charge is 0.0821 e. The summed E-state index contributed by atoms with van der Waals surface area (Å²) in [4.78, 5) is 7.12. The predicted octanol–water partition coefficient (Wildman–Crippen LogP) is 2.20. The molecule has 0 radical (unpaired) electrons. The Morgan fingerprint density at radius 1 is 1.27 bits per heavy atom. The van der Waals surface area contributed by atoms with Crippen molar-refractivity contribution in [1.29, 1.82) is 0 Å². The quantitative estimate of drug-likeness (QED) is 0.786. The molecule has 0 aliphatic carbocycles. The van der Waals surface area contributed by atoms with Gasteiger partial charge in [-0.05, 0) is 25.0 Å². The summed E-state index contributed by atoms with van der Waals surface area (Å²) < 4.78 is 0. The Morgan fingerprint density at radius 2 is 1.93 bits per heavy atom. The Balaban J connectivity index is 2.04. The Hall–Kier alpha value is -0.770. The molecule has 0 amide bonds. The van der Waals surface area contributed by atoms with E-state index in [4.69, 9.17) is 22.3 Å². The van der Waals surface area contributed by atoms with Gasteiger partial charge in [-0.1, -0.05) is 23.7 Å². The third-order valence-corrected chi connectivity index (χ3v) is 3.15. The fourth-order valence-corrected chi connectivity index (χ4v) is 2.20. The average molecular weight is 227 g/mol. The van der Waals surface area contributed by atoms with Gasteiger partial charge in [-0.2, -0.15) is 0 Å². The summed E-state index contributed by atoms with van der Waals surface area (Å²) in [6.07, 6.45) is 2.12. The summed E-state index contributed by atoms with van der Waals surface area (Å²) in [5.41, 5.74) is 1.11. The van der Waals surface area contributed by atoms with E-state index in [0.717, 1.165) is 36.6 Å². The van der Waals surface area contributed by atoms with Gasteiger partial charge < -0.3 is 9.74 Å². The second-order valence-corrected chi connectivity index (χ2v) is 4.18. The van der Waals surface area contributed by atoms with E-state index >= 15 is 0 Å². The van der Waals surface area contributed by atoms with Crippen LogP contribution in [0.3, 0.4) is 0 Å². The largest absolute Gasteiger partial charge is 0.370 e. The third kappa shape index (κ3) is 2.43. The van der Waals surface area contributed by atoms with Crippen molar-refractivity contribution in [2.75, 3.05) is 18.0 Å². The first kappa shape index (κ1) is 10.7. The zero-order valence-electron chi connectivity index (χ0n) is 8.53. The molecule has 1 aromatic carbocycles. The van der Waals surface area contributed by atoms with Gasteiger partial charge in [0.25, 0.3) is 0 Å². The first-order valence-electron chi connectivity index (χ1n) is 5.16. The summed E-state index contributed by atoms with van der Waals surface area (Å²) in [5, 5.41) is 0.810. The Morgan fingerprint density at radius 3 is 2.53 bits per heavy atom. The van der Waals surface area contributed by atoms with E-state index in [1.54, 1.807) is 0 Å². The van der Waals surface area contributed by atoms with E-state index in [2.05, 4.69) is 4.90 Å². The molecule has 1 saturated heterocycles. The summed E-state index contributed by atoms with van der Waals surface area (Å²) >= 11 is 6.13. The number of nitrogens with two attached hydrogens (primary N) is 1. The predicted molar refractivity (Wildman–Crippen MR) is 62.0 cm³/mol. The van der Waals surface area contributed by atoms with Gasteiger partial charge in [0, 0.05) is 13.1 Å². The summed E-state index contributed by atoms with van der Waals surface area (Å²) in [5.74, 6) is 5.17. The van der Waals surface area contributed by atoms with E-state index in [9.17, 15) is 0 Å². The van der Waals surface area contributed by atoms with Gasteiger partial charge in [-0.25, -0.2) is 5.90 Å². The molecule has 1 aromatic rings. The first-order chi connectivity index (χ1) is 7.31. The number of benzene rings is 1. The van der Waals surface area contributed by atoms with Crippen LogP contribution < -0.4 is 10.8 Å². The molecule has 3 nitrogen and oxygen atoms in total. The molecule has 0 spiro atoms. The van der Waals surface area contributed by atoms with Gasteiger partial charge in [-0.15, -0.1) is 0 Å². The number of piperidine rings is 1. The molecule has 4 heteroatoms. The lowest BCUT2D eigenvalue weighted by Crippen LogP contribution is -2.38. The van der Waals surface area contributed by atoms with Gasteiger partial charge in [-0.3, -0.25) is 0 Å². The number of rotatable bonds is 2. The number of nitrogens with zero attached hydrogens (tertiary/aromatic N) is 1. The van der Waals surface area contributed by atoms with Crippen LogP contribution in [0.5, 0.6) is 0 Å². The van der Waals surface area contributed by atoms with Gasteiger partial charge in [0.05, 0.1) is 16.8 Å². The fraction of sp³-hybridized carbons (Fsp3) is 0.455. The highest BCUT2D eigenvalue weighted by molar-refractivity contribution is 6.33. The number of hydrogen-bond donors (Lipinski definition) is 1. The highest BCUT2D eigenvalue weighted by Crippen LogP contribution is 2.27. The standard InChI is InChI=1S/C11H15ClN2O/c12-10-3-1-2-4-11(10)14-7-5-9(15-13)6-8-14/h1-4,9H,5-8,13H2. The molecule has 0 aromatic heterocycles. The molecule has 82 valence electrons. The van der Waals surface area contributed by atoms with Crippen LogP contribution >= 0.6 is 11.6 Å². The lowest BCUT2D eigenvalue weighted by Gasteiger charge is -2.32. The van der Waals surface area contributed by atoms with Gasteiger partial charge in [0.15, 0.2) is 0 Å². The summed E-state index contributed by atoms with van der Waals surface area (Å²) in [7, 11) is 0. The minimum atomic E-state index is 0.198. The van der Waals surface area contributed by atoms with Crippen molar-refractivity contribution in [2.24, 2.45) is 5.90 Å². The van der Waals surface area contributed by atoms with E-state index in [1.165, 1.54) is 0 Å². The second-order valence-electron chi connectivity index (χ2n) is 3.77. The number of anilines is 1. The number of halogens is 1. The lowest BCUT2D eigenvalue weighted by molar-refractivity contribution is 0.0368. The van der Waals surface area contributed by atoms with E-state index in [-0.39, 0.29) is 6.10 Å². The van der Waals surface area contributed by atoms with E-state index in [1.807, 2.05) is 24.3 Å². The SMILES string of the molecule is NOC1CCN(c2ccccc2Cl)CC1. The van der Waals surface area contributed by atoms with Crippen LogP contribution in [-0.2, 0) is 4.84 Å². The molecule has 1 heterocycles. The van der Waals surface area contributed by atoms with Crippen molar-refractivity contribution in [3.63, 3.8) is 0 Å². The molecular formula is C11H15ClN2O. The highest BCUT2D eigenvalue weighted by Gasteiger charge is 2.20. The monoisotopic (exact) mass is 226 g/mol. The molecule has 1 aliphatic rings. The molecule has 1 aliphatic heterocycles. The topological polar surface area (TPSA) is 38.5 Å². The van der Waals surface area contributed by atoms with Gasteiger partial charge in [0.1, 0.15) is 0 Å². The molecule has 0 saturated carbocycles. The maximum Gasteiger partial charge on any atom is 0.0821 e. The van der Waals surface area contributed by atoms with Crippen LogP contribution in [0, 0.1) is 0 Å². The second kappa shape index (κ2) is 4.84. The molecule has 15 heavy (non-hydrogen) atoms. The maximum atomic E-state index is 6.13. The molecule has 2 N–H and O–H groups in total. The highest BCUT2D eigenvalue weighted by atomic mass is 35.5. The van der Waals surface area contributed by atoms with Crippen LogP contribution in [0.25, 0.3) is 0 Å². The van der Waals surface area contributed by atoms with Crippen molar-refractivity contribution in [3.8, 4) is 0 Å². The van der Waals surface area contributed by atoms with Crippen LogP contribution in [0.15, 0.2) is 24.3 Å². The molecule has 0 atom stereocenters. The molecular weight excluding hydrogens is 212 g/mol. The Labute approximate surface area is 94.7 Å². The number of para-hydroxylation sites is 1.